The van der Waals surface area contributed by atoms with Gasteiger partial charge in [0.15, 0.2) is 17.3 Å². The molecule has 4 heterocycles. The molecular weight excluding hydrogens is 454 g/mol. The molecule has 0 aliphatic carbocycles. The van der Waals surface area contributed by atoms with Gasteiger partial charge in [-0.05, 0) is 38.8 Å². The van der Waals surface area contributed by atoms with Crippen molar-refractivity contribution in [1.82, 2.24) is 24.9 Å². The standard InChI is InChI=1S/C21H24ClN5O4S/c1-12(2)26-7-5-13(6-8-26)23-20(28)19-24-15(21(29)30)11-27(19)10-14-9-16(31-25-14)17-3-4-18(22)32-17/h3-4,9,11-13H,5-8,10H2,1-2H3,(H,23,28)(H,29,30). The highest BCUT2D eigenvalue weighted by molar-refractivity contribution is 7.19. The number of likely N-dealkylation sites (tertiary alicyclic amines) is 1. The van der Waals surface area contributed by atoms with Crippen LogP contribution in [0.4, 0.5) is 0 Å². The highest BCUT2D eigenvalue weighted by Gasteiger charge is 2.26. The first-order valence-electron chi connectivity index (χ1n) is 10.4. The van der Waals surface area contributed by atoms with Gasteiger partial charge in [0.1, 0.15) is 5.69 Å². The second kappa shape index (κ2) is 9.43. The van der Waals surface area contributed by atoms with Crippen LogP contribution in [-0.4, -0.2) is 61.8 Å². The van der Waals surface area contributed by atoms with Crippen LogP contribution >= 0.6 is 22.9 Å². The molecule has 2 N–H and O–H groups in total. The molecule has 0 spiro atoms. The number of carbonyl (C=O) groups is 2. The number of imidazole rings is 1. The van der Waals surface area contributed by atoms with Gasteiger partial charge in [-0.25, -0.2) is 9.78 Å². The smallest absolute Gasteiger partial charge is 0.356 e. The van der Waals surface area contributed by atoms with Crippen LogP contribution in [0.3, 0.4) is 0 Å². The lowest BCUT2D eigenvalue weighted by Gasteiger charge is -2.34. The van der Waals surface area contributed by atoms with Crippen LogP contribution < -0.4 is 5.32 Å². The Labute approximate surface area is 194 Å². The molecule has 1 amide bonds. The van der Waals surface area contributed by atoms with Crippen LogP contribution in [0.5, 0.6) is 0 Å². The second-order valence-electron chi connectivity index (χ2n) is 8.05. The van der Waals surface area contributed by atoms with E-state index in [1.807, 2.05) is 6.07 Å². The van der Waals surface area contributed by atoms with Crippen LogP contribution in [0.1, 0.15) is 53.5 Å². The average Bonchev–Trinajstić information content (AvgIpc) is 3.48. The van der Waals surface area contributed by atoms with Crippen molar-refractivity contribution < 1.29 is 19.2 Å². The minimum Gasteiger partial charge on any atom is -0.476 e. The first-order valence-corrected chi connectivity index (χ1v) is 11.6. The van der Waals surface area contributed by atoms with Crippen molar-refractivity contribution in [3.8, 4) is 10.6 Å². The van der Waals surface area contributed by atoms with Gasteiger partial charge in [-0.15, -0.1) is 11.3 Å². The van der Waals surface area contributed by atoms with E-state index in [4.69, 9.17) is 16.1 Å². The SMILES string of the molecule is CC(C)N1CCC(NC(=O)c2nc(C(=O)O)cn2Cc2cc(-c3ccc(Cl)s3)on2)CC1. The molecule has 0 radical (unpaired) electrons. The molecule has 1 aliphatic rings. The molecule has 11 heteroatoms. The molecule has 170 valence electrons. The van der Waals surface area contributed by atoms with Gasteiger partial charge in [-0.1, -0.05) is 16.8 Å². The highest BCUT2D eigenvalue weighted by Crippen LogP contribution is 2.31. The Bertz CT molecular complexity index is 1110. The lowest BCUT2D eigenvalue weighted by atomic mass is 10.0. The monoisotopic (exact) mass is 477 g/mol. The van der Waals surface area contributed by atoms with Gasteiger partial charge >= 0.3 is 5.97 Å². The van der Waals surface area contributed by atoms with E-state index in [-0.39, 0.29) is 24.1 Å². The number of carboxylic acids is 1. The highest BCUT2D eigenvalue weighted by atomic mass is 35.5. The maximum atomic E-state index is 12.9. The molecule has 0 bridgehead atoms. The van der Waals surface area contributed by atoms with Crippen molar-refractivity contribution in [2.75, 3.05) is 13.1 Å². The van der Waals surface area contributed by atoms with Crippen LogP contribution in [0.25, 0.3) is 10.6 Å². The lowest BCUT2D eigenvalue weighted by molar-refractivity contribution is 0.0691. The predicted octanol–water partition coefficient (Wildman–Crippen LogP) is 3.60. The number of thiophene rings is 1. The number of carbonyl (C=O) groups excluding carboxylic acids is 1. The molecule has 3 aromatic heterocycles. The number of nitrogens with zero attached hydrogens (tertiary/aromatic N) is 4. The van der Waals surface area contributed by atoms with E-state index in [9.17, 15) is 14.7 Å². The number of rotatable bonds is 7. The van der Waals surface area contributed by atoms with Gasteiger partial charge in [0, 0.05) is 37.4 Å². The summed E-state index contributed by atoms with van der Waals surface area (Å²) >= 11 is 7.34. The third kappa shape index (κ3) is 5.03. The van der Waals surface area contributed by atoms with Crippen molar-refractivity contribution in [3.63, 3.8) is 0 Å². The van der Waals surface area contributed by atoms with Gasteiger partial charge in [-0.2, -0.15) is 0 Å². The summed E-state index contributed by atoms with van der Waals surface area (Å²) in [5.41, 5.74) is 0.344. The number of hydrogen-bond acceptors (Lipinski definition) is 7. The number of nitrogens with one attached hydrogen (secondary N) is 1. The van der Waals surface area contributed by atoms with Crippen molar-refractivity contribution in [3.05, 3.63) is 45.9 Å². The lowest BCUT2D eigenvalue weighted by Crippen LogP contribution is -2.47. The zero-order valence-electron chi connectivity index (χ0n) is 17.7. The molecular formula is C21H24ClN5O4S. The predicted molar refractivity (Wildman–Crippen MR) is 120 cm³/mol. The third-order valence-corrected chi connectivity index (χ3v) is 6.75. The molecule has 0 saturated carbocycles. The molecule has 1 aliphatic heterocycles. The topological polar surface area (TPSA) is 113 Å². The quantitative estimate of drug-likeness (QED) is 0.534. The number of piperidine rings is 1. The first kappa shape index (κ1) is 22.5. The molecule has 32 heavy (non-hydrogen) atoms. The Morgan fingerprint density at radius 1 is 1.34 bits per heavy atom. The number of aromatic carboxylic acids is 1. The number of halogens is 1. The minimum absolute atomic E-state index is 0.0261. The van der Waals surface area contributed by atoms with E-state index in [2.05, 4.69) is 34.2 Å². The fourth-order valence-electron chi connectivity index (χ4n) is 3.75. The van der Waals surface area contributed by atoms with Crippen molar-refractivity contribution in [1.29, 1.82) is 0 Å². The van der Waals surface area contributed by atoms with Crippen LogP contribution in [0.15, 0.2) is 28.9 Å². The Kier molecular flexibility index (Phi) is 6.63. The van der Waals surface area contributed by atoms with Crippen molar-refractivity contribution >= 4 is 34.8 Å². The normalized spacial score (nSPS) is 15.4. The Morgan fingerprint density at radius 2 is 2.09 bits per heavy atom. The zero-order valence-corrected chi connectivity index (χ0v) is 19.3. The van der Waals surface area contributed by atoms with Gasteiger partial charge in [0.05, 0.1) is 15.8 Å². The molecule has 0 atom stereocenters. The summed E-state index contributed by atoms with van der Waals surface area (Å²) < 4.78 is 7.52. The number of carboxylic acid groups (broad SMARTS) is 1. The molecule has 0 unspecified atom stereocenters. The van der Waals surface area contributed by atoms with Gasteiger partial charge in [0.25, 0.3) is 5.91 Å². The minimum atomic E-state index is -1.20. The molecule has 1 fully saturated rings. The van der Waals surface area contributed by atoms with E-state index in [0.717, 1.165) is 30.8 Å². The Hall–Kier alpha value is -2.69. The molecule has 1 saturated heterocycles. The molecule has 4 rings (SSSR count). The summed E-state index contributed by atoms with van der Waals surface area (Å²) in [6.45, 7) is 6.28. The number of aromatic nitrogens is 3. The largest absolute Gasteiger partial charge is 0.476 e. The summed E-state index contributed by atoms with van der Waals surface area (Å²) in [4.78, 5) is 31.7. The van der Waals surface area contributed by atoms with E-state index < -0.39 is 11.9 Å². The molecule has 9 nitrogen and oxygen atoms in total. The fourth-order valence-corrected chi connectivity index (χ4v) is 4.75. The molecule has 3 aromatic rings. The molecule has 0 aromatic carbocycles. The number of hydrogen-bond donors (Lipinski definition) is 2. The van der Waals surface area contributed by atoms with E-state index in [1.165, 1.54) is 22.1 Å². The van der Waals surface area contributed by atoms with Gasteiger partial charge < -0.3 is 24.4 Å². The maximum Gasteiger partial charge on any atom is 0.356 e. The summed E-state index contributed by atoms with van der Waals surface area (Å²) in [6, 6.07) is 5.85. The third-order valence-electron chi connectivity index (χ3n) is 5.50. The van der Waals surface area contributed by atoms with Crippen molar-refractivity contribution in [2.45, 2.75) is 45.3 Å². The van der Waals surface area contributed by atoms with Gasteiger partial charge in [-0.3, -0.25) is 4.79 Å². The maximum absolute atomic E-state index is 12.9. The summed E-state index contributed by atoms with van der Waals surface area (Å²) in [7, 11) is 0. The summed E-state index contributed by atoms with van der Waals surface area (Å²) in [5, 5.41) is 16.4. The van der Waals surface area contributed by atoms with Gasteiger partial charge in [0.2, 0.25) is 0 Å². The fraction of sp³-hybridized carbons (Fsp3) is 0.429. The summed E-state index contributed by atoms with van der Waals surface area (Å²) in [5.74, 6) is -0.998. The Balaban J connectivity index is 1.49. The van der Waals surface area contributed by atoms with E-state index >= 15 is 0 Å². The van der Waals surface area contributed by atoms with Crippen LogP contribution in [0, 0.1) is 0 Å². The van der Waals surface area contributed by atoms with Crippen LogP contribution in [-0.2, 0) is 6.54 Å². The zero-order chi connectivity index (χ0) is 22.8. The first-order chi connectivity index (χ1) is 15.3. The Morgan fingerprint density at radius 3 is 2.72 bits per heavy atom. The number of amides is 1. The summed E-state index contributed by atoms with van der Waals surface area (Å²) in [6.07, 6.45) is 3.02. The van der Waals surface area contributed by atoms with Crippen molar-refractivity contribution in [2.24, 2.45) is 0 Å². The average molecular weight is 478 g/mol. The van der Waals surface area contributed by atoms with Crippen LogP contribution in [0.2, 0.25) is 4.34 Å². The van der Waals surface area contributed by atoms with E-state index in [1.54, 1.807) is 12.1 Å². The van der Waals surface area contributed by atoms with E-state index in [0.29, 0.717) is 21.8 Å². The second-order valence-corrected chi connectivity index (χ2v) is 9.76.